The first-order chi connectivity index (χ1) is 13.1. The monoisotopic (exact) mass is 367 g/mol. The van der Waals surface area contributed by atoms with E-state index in [1.54, 1.807) is 37.3 Å². The summed E-state index contributed by atoms with van der Waals surface area (Å²) in [5.41, 5.74) is 1.12. The molecule has 6 heteroatoms. The Morgan fingerprint density at radius 1 is 1.11 bits per heavy atom. The van der Waals surface area contributed by atoms with E-state index >= 15 is 0 Å². The molecule has 0 aliphatic heterocycles. The number of esters is 1. The molecule has 0 saturated heterocycles. The molecule has 0 unspecified atom stereocenters. The fourth-order valence-corrected chi connectivity index (χ4v) is 2.99. The van der Waals surface area contributed by atoms with Crippen molar-refractivity contribution in [2.45, 2.75) is 19.3 Å². The summed E-state index contributed by atoms with van der Waals surface area (Å²) in [5, 5.41) is 11.7. The third-order valence-corrected chi connectivity index (χ3v) is 4.16. The largest absolute Gasteiger partial charge is 0.463 e. The van der Waals surface area contributed by atoms with E-state index in [-0.39, 0.29) is 12.3 Å². The van der Waals surface area contributed by atoms with Gasteiger partial charge in [-0.1, -0.05) is 60.7 Å². The number of hydrogen-bond acceptors (Lipinski definition) is 5. The zero-order chi connectivity index (χ0) is 19.6. The van der Waals surface area contributed by atoms with Crippen LogP contribution in [-0.4, -0.2) is 23.8 Å². The third kappa shape index (κ3) is 5.60. The normalized spacial score (nSPS) is 13.4. The van der Waals surface area contributed by atoms with Crippen molar-refractivity contribution < 1.29 is 19.2 Å². The highest BCUT2D eigenvalue weighted by molar-refractivity contribution is 5.82. The van der Waals surface area contributed by atoms with E-state index in [0.29, 0.717) is 18.3 Å². The summed E-state index contributed by atoms with van der Waals surface area (Å²) in [7, 11) is 0. The first kappa shape index (κ1) is 20.0. The molecule has 0 radical (unpaired) electrons. The molecular weight excluding hydrogens is 346 g/mol. The van der Waals surface area contributed by atoms with E-state index < -0.39 is 22.7 Å². The van der Waals surface area contributed by atoms with Gasteiger partial charge in [0.25, 0.3) is 5.70 Å². The highest BCUT2D eigenvalue weighted by Gasteiger charge is 2.35. The van der Waals surface area contributed by atoms with Crippen LogP contribution in [0.5, 0.6) is 0 Å². The quantitative estimate of drug-likeness (QED) is 0.222. The lowest BCUT2D eigenvalue weighted by Crippen LogP contribution is -2.24. The van der Waals surface area contributed by atoms with Crippen LogP contribution in [0.15, 0.2) is 72.4 Å². The van der Waals surface area contributed by atoms with Crippen LogP contribution in [0.25, 0.3) is 0 Å². The molecule has 0 aromatic heterocycles. The van der Waals surface area contributed by atoms with Gasteiger partial charge in [0, 0.05) is 5.92 Å². The molecule has 2 rings (SSSR count). The SMILES string of the molecule is CCOC(=O)/C=C(/[C@H](c1ccccc1)[C@H](C=O)Cc1ccccc1)[N+](=O)[O-]. The Kier molecular flexibility index (Phi) is 7.43. The van der Waals surface area contributed by atoms with Crippen LogP contribution < -0.4 is 0 Å². The molecule has 0 N–H and O–H groups in total. The molecule has 0 spiro atoms. The standard InChI is InChI=1S/C21H21NO5/c1-2-27-20(24)14-19(22(25)26)21(17-11-7-4-8-12-17)18(15-23)13-16-9-5-3-6-10-16/h3-12,14-15,18,21H,2,13H2,1H3/b19-14-/t18-,21+/m0/s1. The molecule has 0 amide bonds. The lowest BCUT2D eigenvalue weighted by Gasteiger charge is -2.21. The Labute approximate surface area is 157 Å². The molecule has 140 valence electrons. The van der Waals surface area contributed by atoms with Gasteiger partial charge in [0.1, 0.15) is 6.29 Å². The van der Waals surface area contributed by atoms with Crippen molar-refractivity contribution in [3.05, 3.63) is 93.7 Å². The van der Waals surface area contributed by atoms with Crippen molar-refractivity contribution in [1.82, 2.24) is 0 Å². The van der Waals surface area contributed by atoms with Crippen molar-refractivity contribution in [3.8, 4) is 0 Å². The zero-order valence-electron chi connectivity index (χ0n) is 15.0. The number of aldehydes is 1. The Bertz CT molecular complexity index is 802. The van der Waals surface area contributed by atoms with Gasteiger partial charge >= 0.3 is 5.97 Å². The van der Waals surface area contributed by atoms with Crippen molar-refractivity contribution >= 4 is 12.3 Å². The third-order valence-electron chi connectivity index (χ3n) is 4.16. The molecule has 0 fully saturated rings. The van der Waals surface area contributed by atoms with E-state index in [2.05, 4.69) is 0 Å². The number of rotatable bonds is 9. The maximum absolute atomic E-state index is 11.9. The zero-order valence-corrected chi connectivity index (χ0v) is 15.0. The highest BCUT2D eigenvalue weighted by atomic mass is 16.6. The average molecular weight is 367 g/mol. The topological polar surface area (TPSA) is 86.5 Å². The number of ether oxygens (including phenoxy) is 1. The average Bonchev–Trinajstić information content (AvgIpc) is 2.68. The summed E-state index contributed by atoms with van der Waals surface area (Å²) in [6.45, 7) is 1.73. The molecule has 0 aliphatic carbocycles. The lowest BCUT2D eigenvalue weighted by atomic mass is 9.80. The number of carbonyl (C=O) groups is 2. The summed E-state index contributed by atoms with van der Waals surface area (Å²) >= 11 is 0. The summed E-state index contributed by atoms with van der Waals surface area (Å²) in [6, 6.07) is 18.0. The van der Waals surface area contributed by atoms with Gasteiger partial charge in [0.05, 0.1) is 23.5 Å². The lowest BCUT2D eigenvalue weighted by molar-refractivity contribution is -0.431. The number of benzene rings is 2. The molecule has 0 bridgehead atoms. The second-order valence-electron chi connectivity index (χ2n) is 5.96. The van der Waals surface area contributed by atoms with E-state index in [1.807, 2.05) is 30.3 Å². The van der Waals surface area contributed by atoms with Gasteiger partial charge in [-0.25, -0.2) is 4.79 Å². The van der Waals surface area contributed by atoms with Crippen LogP contribution in [0.3, 0.4) is 0 Å². The number of carbonyl (C=O) groups excluding carboxylic acids is 2. The van der Waals surface area contributed by atoms with Crippen LogP contribution in [-0.2, 0) is 20.7 Å². The van der Waals surface area contributed by atoms with Gasteiger partial charge in [-0.15, -0.1) is 0 Å². The molecule has 2 aromatic rings. The van der Waals surface area contributed by atoms with E-state index in [0.717, 1.165) is 11.6 Å². The number of hydrogen-bond donors (Lipinski definition) is 0. The highest BCUT2D eigenvalue weighted by Crippen LogP contribution is 2.33. The minimum atomic E-state index is -0.872. The smallest absolute Gasteiger partial charge is 0.337 e. The summed E-state index contributed by atoms with van der Waals surface area (Å²) in [5.74, 6) is -2.38. The van der Waals surface area contributed by atoms with Gasteiger partial charge in [0.2, 0.25) is 0 Å². The van der Waals surface area contributed by atoms with Crippen LogP contribution in [0.2, 0.25) is 0 Å². The fraction of sp³-hybridized carbons (Fsp3) is 0.238. The van der Waals surface area contributed by atoms with Crippen LogP contribution in [0.1, 0.15) is 24.0 Å². The molecular formula is C21H21NO5. The van der Waals surface area contributed by atoms with E-state index in [4.69, 9.17) is 4.74 Å². The molecule has 27 heavy (non-hydrogen) atoms. The minimum Gasteiger partial charge on any atom is -0.463 e. The van der Waals surface area contributed by atoms with E-state index in [1.165, 1.54) is 0 Å². The van der Waals surface area contributed by atoms with Gasteiger partial charge in [-0.05, 0) is 24.5 Å². The molecule has 6 nitrogen and oxygen atoms in total. The maximum atomic E-state index is 11.9. The molecule has 0 saturated carbocycles. The maximum Gasteiger partial charge on any atom is 0.337 e. The van der Waals surface area contributed by atoms with Gasteiger partial charge in [-0.2, -0.15) is 0 Å². The van der Waals surface area contributed by atoms with Crippen LogP contribution in [0.4, 0.5) is 0 Å². The summed E-state index contributed by atoms with van der Waals surface area (Å²) in [4.78, 5) is 34.9. The Morgan fingerprint density at radius 2 is 1.70 bits per heavy atom. The first-order valence-corrected chi connectivity index (χ1v) is 8.63. The Hall–Kier alpha value is -3.28. The second-order valence-corrected chi connectivity index (χ2v) is 5.96. The van der Waals surface area contributed by atoms with Crippen LogP contribution >= 0.6 is 0 Å². The minimum absolute atomic E-state index is 0.109. The predicted molar refractivity (Wildman–Crippen MR) is 101 cm³/mol. The number of nitrogens with zero attached hydrogens (tertiary/aromatic N) is 1. The number of allylic oxidation sites excluding steroid dienone is 1. The van der Waals surface area contributed by atoms with Crippen molar-refractivity contribution in [2.75, 3.05) is 6.61 Å². The second kappa shape index (κ2) is 10.0. The van der Waals surface area contributed by atoms with Crippen molar-refractivity contribution in [1.29, 1.82) is 0 Å². The van der Waals surface area contributed by atoms with E-state index in [9.17, 15) is 19.7 Å². The molecule has 2 aromatic carbocycles. The molecule has 0 aliphatic rings. The summed E-state index contributed by atoms with van der Waals surface area (Å²) < 4.78 is 4.83. The van der Waals surface area contributed by atoms with Gasteiger partial charge < -0.3 is 9.53 Å². The summed E-state index contributed by atoms with van der Waals surface area (Å²) in [6.07, 6.45) is 1.91. The fourth-order valence-electron chi connectivity index (χ4n) is 2.99. The Morgan fingerprint density at radius 3 is 2.22 bits per heavy atom. The molecule has 0 heterocycles. The predicted octanol–water partition coefficient (Wildman–Crippen LogP) is 3.55. The van der Waals surface area contributed by atoms with Crippen LogP contribution in [0, 0.1) is 16.0 Å². The van der Waals surface area contributed by atoms with Gasteiger partial charge in [0.15, 0.2) is 0 Å². The Balaban J connectivity index is 2.50. The van der Waals surface area contributed by atoms with Crippen molar-refractivity contribution in [2.24, 2.45) is 5.92 Å². The van der Waals surface area contributed by atoms with Gasteiger partial charge in [-0.3, -0.25) is 10.1 Å². The van der Waals surface area contributed by atoms with Crippen molar-refractivity contribution in [3.63, 3.8) is 0 Å². The first-order valence-electron chi connectivity index (χ1n) is 8.63. The number of nitro groups is 1. The molecule has 2 atom stereocenters.